The van der Waals surface area contributed by atoms with Crippen LogP contribution in [0.4, 0.5) is 0 Å². The number of rotatable bonds is 10. The summed E-state index contributed by atoms with van der Waals surface area (Å²) in [5, 5.41) is 0. The highest BCUT2D eigenvalue weighted by Gasteiger charge is 2.04. The zero-order valence-electron chi connectivity index (χ0n) is 11.5. The smallest absolute Gasteiger partial charge is 0.243 e. The van der Waals surface area contributed by atoms with E-state index in [0.717, 1.165) is 0 Å². The van der Waals surface area contributed by atoms with Crippen molar-refractivity contribution in [2.75, 3.05) is 11.5 Å². The van der Waals surface area contributed by atoms with Crippen molar-refractivity contribution in [1.29, 1.82) is 0 Å². The Bertz CT molecular complexity index is 581. The predicted octanol–water partition coefficient (Wildman–Crippen LogP) is -0.574. The molecule has 0 saturated carbocycles. The van der Waals surface area contributed by atoms with Crippen LogP contribution in [0, 0.1) is 0 Å². The third kappa shape index (κ3) is 9.56. The molecule has 0 radical (unpaired) electrons. The van der Waals surface area contributed by atoms with Crippen molar-refractivity contribution < 1.29 is 30.5 Å². The van der Waals surface area contributed by atoms with E-state index in [4.69, 9.17) is 0 Å². The van der Waals surface area contributed by atoms with Crippen LogP contribution in [0.15, 0.2) is 18.7 Å². The molecule has 1 rings (SSSR count). The molecule has 0 amide bonds. The van der Waals surface area contributed by atoms with Crippen molar-refractivity contribution in [3.05, 3.63) is 18.7 Å². The first-order valence-corrected chi connectivity index (χ1v) is 9.73. The Balaban J connectivity index is 2.24. The SMILES string of the molecule is O=S(=O)([O-])CCCCn1cc[n+](CCCCS(=O)(=O)[O-])c1. The lowest BCUT2D eigenvalue weighted by molar-refractivity contribution is -0.696. The fourth-order valence-electron chi connectivity index (χ4n) is 1.85. The van der Waals surface area contributed by atoms with Crippen LogP contribution in [0.1, 0.15) is 25.7 Å². The third-order valence-electron chi connectivity index (χ3n) is 2.87. The Morgan fingerprint density at radius 3 is 2.05 bits per heavy atom. The molecule has 0 aliphatic heterocycles. The highest BCUT2D eigenvalue weighted by atomic mass is 32.2. The molecule has 0 spiro atoms. The van der Waals surface area contributed by atoms with E-state index in [0.29, 0.717) is 38.8 Å². The van der Waals surface area contributed by atoms with Crippen LogP contribution in [0.25, 0.3) is 0 Å². The van der Waals surface area contributed by atoms with Crippen LogP contribution in [-0.2, 0) is 33.3 Å². The van der Waals surface area contributed by atoms with Gasteiger partial charge in [-0.25, -0.2) is 26.0 Å². The van der Waals surface area contributed by atoms with E-state index in [1.54, 1.807) is 0 Å². The molecule has 1 aromatic rings. The van der Waals surface area contributed by atoms with Gasteiger partial charge in [-0.05, 0) is 25.7 Å². The quantitative estimate of drug-likeness (QED) is 0.319. The molecule has 0 aliphatic carbocycles. The second-order valence-corrected chi connectivity index (χ2v) is 7.87. The maximum Gasteiger partial charge on any atom is 0.243 e. The molecule has 21 heavy (non-hydrogen) atoms. The van der Waals surface area contributed by atoms with Gasteiger partial charge in [0.2, 0.25) is 6.33 Å². The number of unbranched alkanes of at least 4 members (excludes halogenated alkanes) is 2. The number of nitrogens with zero attached hydrogens (tertiary/aromatic N) is 2. The highest BCUT2D eigenvalue weighted by molar-refractivity contribution is 7.85. The van der Waals surface area contributed by atoms with Crippen molar-refractivity contribution in [3.8, 4) is 0 Å². The summed E-state index contributed by atoms with van der Waals surface area (Å²) in [6, 6.07) is 0. The minimum absolute atomic E-state index is 0.325. The third-order valence-corrected chi connectivity index (χ3v) is 4.44. The van der Waals surface area contributed by atoms with Gasteiger partial charge in [0.15, 0.2) is 0 Å². The second-order valence-electron chi connectivity index (χ2n) is 4.83. The van der Waals surface area contributed by atoms with E-state index in [9.17, 15) is 25.9 Å². The van der Waals surface area contributed by atoms with Gasteiger partial charge in [-0.2, -0.15) is 0 Å². The van der Waals surface area contributed by atoms with E-state index in [-0.39, 0.29) is 11.5 Å². The van der Waals surface area contributed by atoms with E-state index >= 15 is 0 Å². The fraction of sp³-hybridized carbons (Fsp3) is 0.727. The molecular weight excluding hydrogens is 320 g/mol. The molecule has 0 N–H and O–H groups in total. The first-order chi connectivity index (χ1) is 9.66. The average Bonchev–Trinajstić information content (AvgIpc) is 2.76. The molecule has 0 aromatic carbocycles. The van der Waals surface area contributed by atoms with Gasteiger partial charge in [0, 0.05) is 11.5 Å². The molecule has 0 aliphatic rings. The Morgan fingerprint density at radius 2 is 1.48 bits per heavy atom. The number of aryl methyl sites for hydroxylation is 2. The van der Waals surface area contributed by atoms with Gasteiger partial charge < -0.3 is 9.11 Å². The van der Waals surface area contributed by atoms with Gasteiger partial charge in [-0.1, -0.05) is 0 Å². The topological polar surface area (TPSA) is 123 Å². The summed E-state index contributed by atoms with van der Waals surface area (Å²) in [5.41, 5.74) is 0. The van der Waals surface area contributed by atoms with Crippen LogP contribution >= 0.6 is 0 Å². The van der Waals surface area contributed by atoms with Gasteiger partial charge in [0.1, 0.15) is 12.4 Å². The summed E-state index contributed by atoms with van der Waals surface area (Å²) in [7, 11) is -8.28. The van der Waals surface area contributed by atoms with E-state index in [2.05, 4.69) is 0 Å². The van der Waals surface area contributed by atoms with Crippen molar-refractivity contribution in [2.24, 2.45) is 0 Å². The number of aromatic nitrogens is 2. The van der Waals surface area contributed by atoms with Crippen LogP contribution in [0.5, 0.6) is 0 Å². The molecule has 0 bridgehead atoms. The Hall–Kier alpha value is -0.970. The van der Waals surface area contributed by atoms with Gasteiger partial charge >= 0.3 is 0 Å². The van der Waals surface area contributed by atoms with Gasteiger partial charge in [-0.15, -0.1) is 0 Å². The van der Waals surface area contributed by atoms with E-state index in [1.165, 1.54) is 0 Å². The standard InChI is InChI=1S/C11H20N2O6S2/c14-20(15,16)9-3-1-5-12-7-8-13(11-12)6-2-4-10-21(17,18)19/h7-8,11H,1-6,9-10H2,(H-,14,15,16,17,18,19)/p-1. The van der Waals surface area contributed by atoms with Gasteiger partial charge in [0.05, 0.1) is 33.3 Å². The Kier molecular flexibility index (Phi) is 6.78. The summed E-state index contributed by atoms with van der Waals surface area (Å²) >= 11 is 0. The summed E-state index contributed by atoms with van der Waals surface area (Å²) in [4.78, 5) is 0. The summed E-state index contributed by atoms with van der Waals surface area (Å²) in [6.07, 6.45) is 7.27. The second kappa shape index (κ2) is 7.87. The minimum Gasteiger partial charge on any atom is -0.748 e. The van der Waals surface area contributed by atoms with E-state index < -0.39 is 20.2 Å². The zero-order chi connectivity index (χ0) is 15.9. The van der Waals surface area contributed by atoms with Crippen LogP contribution in [0.3, 0.4) is 0 Å². The molecule has 8 nitrogen and oxygen atoms in total. The summed E-state index contributed by atoms with van der Waals surface area (Å²) in [5.74, 6) is -0.699. The molecule has 122 valence electrons. The first-order valence-electron chi connectivity index (χ1n) is 6.58. The average molecular weight is 339 g/mol. The molecule has 0 unspecified atom stereocenters. The van der Waals surface area contributed by atoms with Crippen LogP contribution in [-0.4, -0.2) is 42.0 Å². The molecule has 0 saturated heterocycles. The summed E-state index contributed by atoms with van der Waals surface area (Å²) < 4.78 is 66.3. The number of imidazole rings is 1. The maximum atomic E-state index is 10.4. The monoisotopic (exact) mass is 339 g/mol. The normalized spacial score (nSPS) is 12.7. The number of hydrogen-bond donors (Lipinski definition) is 0. The minimum atomic E-state index is -4.14. The predicted molar refractivity (Wildman–Crippen MR) is 72.2 cm³/mol. The molecule has 10 heteroatoms. The molecular formula is C11H19N2O6S2-. The maximum absolute atomic E-state index is 10.4. The lowest BCUT2D eigenvalue weighted by Crippen LogP contribution is -2.31. The number of hydrogen-bond acceptors (Lipinski definition) is 6. The highest BCUT2D eigenvalue weighted by Crippen LogP contribution is 1.98. The largest absolute Gasteiger partial charge is 0.748 e. The first kappa shape index (κ1) is 18.1. The molecule has 0 fully saturated rings. The Labute approximate surface area is 124 Å². The van der Waals surface area contributed by atoms with E-state index in [1.807, 2.05) is 27.9 Å². The van der Waals surface area contributed by atoms with Crippen molar-refractivity contribution in [1.82, 2.24) is 4.57 Å². The fourth-order valence-corrected chi connectivity index (χ4v) is 2.97. The molecule has 1 aromatic heterocycles. The Morgan fingerprint density at radius 1 is 0.905 bits per heavy atom. The van der Waals surface area contributed by atoms with Crippen LogP contribution in [0.2, 0.25) is 0 Å². The lowest BCUT2D eigenvalue weighted by atomic mass is 10.3. The van der Waals surface area contributed by atoms with Crippen LogP contribution < -0.4 is 4.57 Å². The van der Waals surface area contributed by atoms with Gasteiger partial charge in [0.25, 0.3) is 0 Å². The van der Waals surface area contributed by atoms with Crippen molar-refractivity contribution >= 4 is 20.2 Å². The lowest BCUT2D eigenvalue weighted by Gasteiger charge is -2.05. The molecule has 0 atom stereocenters. The zero-order valence-corrected chi connectivity index (χ0v) is 13.2. The molecule has 1 heterocycles. The van der Waals surface area contributed by atoms with Crippen molar-refractivity contribution in [3.63, 3.8) is 0 Å². The van der Waals surface area contributed by atoms with Gasteiger partial charge in [-0.3, -0.25) is 0 Å². The van der Waals surface area contributed by atoms with Crippen molar-refractivity contribution in [2.45, 2.75) is 38.8 Å². The summed E-state index contributed by atoms with van der Waals surface area (Å²) in [6.45, 7) is 1.22.